The van der Waals surface area contributed by atoms with E-state index in [-0.39, 0.29) is 18.0 Å². The van der Waals surface area contributed by atoms with Gasteiger partial charge in [-0.2, -0.15) is 0 Å². The van der Waals surface area contributed by atoms with Gasteiger partial charge in [-0.25, -0.2) is 4.68 Å². The smallest absolute Gasteiger partial charge is 0.447 e. The molecule has 0 aliphatic heterocycles. The predicted octanol–water partition coefficient (Wildman–Crippen LogP) is 2.14. The number of hydrogen-bond donors (Lipinski definition) is 0. The van der Waals surface area contributed by atoms with Crippen LogP contribution in [-0.4, -0.2) is 33.4 Å². The molecule has 11 heteroatoms. The van der Waals surface area contributed by atoms with Crippen molar-refractivity contribution < 1.29 is 22.6 Å². The van der Waals surface area contributed by atoms with Crippen molar-refractivity contribution in [3.63, 3.8) is 0 Å². The van der Waals surface area contributed by atoms with Gasteiger partial charge in [-0.15, -0.1) is 5.10 Å². The summed E-state index contributed by atoms with van der Waals surface area (Å²) in [5.41, 5.74) is 1.01. The molecule has 0 bridgehead atoms. The Morgan fingerprint density at radius 1 is 1.27 bits per heavy atom. The zero-order valence-electron chi connectivity index (χ0n) is 11.2. The first kappa shape index (κ1) is 16.0. The molecule has 0 radical (unpaired) electrons. The first-order chi connectivity index (χ1) is 10.3. The Hall–Kier alpha value is -2.43. The molecule has 2 rings (SSSR count). The van der Waals surface area contributed by atoms with Crippen LogP contribution in [0.3, 0.4) is 0 Å². The number of benzene rings is 1. The molecular weight excluding hydrogens is 304 g/mol. The second-order valence-corrected chi connectivity index (χ2v) is 4.56. The highest BCUT2D eigenvalue weighted by molar-refractivity contribution is 6.58. The largest absolute Gasteiger partial charge is 0.503 e. The van der Waals surface area contributed by atoms with E-state index < -0.39 is 18.4 Å². The lowest BCUT2D eigenvalue weighted by atomic mass is 9.95. The number of nitro groups is 1. The van der Waals surface area contributed by atoms with Gasteiger partial charge in [0.15, 0.2) is 0 Å². The summed E-state index contributed by atoms with van der Waals surface area (Å²) in [4.78, 5) is 10.0. The molecule has 0 fully saturated rings. The first-order valence-electron chi connectivity index (χ1n) is 6.24. The summed E-state index contributed by atoms with van der Waals surface area (Å²) < 4.78 is 41.9. The van der Waals surface area contributed by atoms with Crippen molar-refractivity contribution in [3.05, 3.63) is 51.8 Å². The van der Waals surface area contributed by atoms with Crippen LogP contribution in [0.25, 0.3) is 0 Å². The van der Waals surface area contributed by atoms with Gasteiger partial charge in [0.1, 0.15) is 5.69 Å². The Kier molecular flexibility index (Phi) is 4.76. The van der Waals surface area contributed by atoms with Crippen molar-refractivity contribution in [2.24, 2.45) is 0 Å². The minimum absolute atomic E-state index is 0.0227. The summed E-state index contributed by atoms with van der Waals surface area (Å²) in [7, 11) is 0. The van der Waals surface area contributed by atoms with Crippen molar-refractivity contribution in [1.29, 1.82) is 0 Å². The Labute approximate surface area is 122 Å². The van der Waals surface area contributed by atoms with Crippen LogP contribution in [0, 0.1) is 10.1 Å². The summed E-state index contributed by atoms with van der Waals surface area (Å²) in [5, 5.41) is 18.0. The molecule has 0 atom stereocenters. The Balaban J connectivity index is 1.90. The lowest BCUT2D eigenvalue weighted by Crippen LogP contribution is -2.23. The third kappa shape index (κ3) is 4.84. The van der Waals surface area contributed by atoms with E-state index in [4.69, 9.17) is 0 Å². The van der Waals surface area contributed by atoms with Gasteiger partial charge < -0.3 is 17.7 Å². The second-order valence-electron chi connectivity index (χ2n) is 4.56. The second kappa shape index (κ2) is 6.56. The third-order valence-electron chi connectivity index (χ3n) is 2.63. The van der Waals surface area contributed by atoms with Gasteiger partial charge in [-0.05, 0) is 5.56 Å². The molecule has 0 unspecified atom stereocenters. The fourth-order valence-corrected chi connectivity index (χ4v) is 1.69. The van der Waals surface area contributed by atoms with Gasteiger partial charge in [0.05, 0.1) is 24.3 Å². The molecule has 0 saturated carbocycles. The maximum absolute atomic E-state index is 12.0. The normalized spacial score (nSPS) is 11.6. The highest BCUT2D eigenvalue weighted by Gasteiger charge is 2.23. The number of rotatable bonds is 7. The standard InChI is InChI=1S/C11H11BF3N4O3/c13-12(14,15)8-22-7-10-6-18(17-16-10)5-9-1-3-11(4-2-9)19(20)21/h1-4,6H,5,7-8H2/q-1. The third-order valence-corrected chi connectivity index (χ3v) is 2.63. The molecule has 1 aromatic carbocycles. The van der Waals surface area contributed by atoms with Crippen LogP contribution in [0.2, 0.25) is 0 Å². The van der Waals surface area contributed by atoms with Crippen molar-refractivity contribution in [2.75, 3.05) is 6.51 Å². The van der Waals surface area contributed by atoms with Crippen molar-refractivity contribution in [2.45, 2.75) is 13.2 Å². The molecule has 0 N–H and O–H groups in total. The molecule has 118 valence electrons. The van der Waals surface area contributed by atoms with Crippen LogP contribution in [0.15, 0.2) is 30.5 Å². The highest BCUT2D eigenvalue weighted by Crippen LogP contribution is 2.13. The summed E-state index contributed by atoms with van der Waals surface area (Å²) in [6, 6.07) is 5.87. The van der Waals surface area contributed by atoms with Gasteiger partial charge in [0, 0.05) is 18.6 Å². The average Bonchev–Trinajstić information content (AvgIpc) is 2.85. The van der Waals surface area contributed by atoms with E-state index in [1.165, 1.54) is 23.0 Å². The maximum atomic E-state index is 12.0. The topological polar surface area (TPSA) is 83.1 Å². The molecular formula is C11H11BF3N4O3-. The Morgan fingerprint density at radius 2 is 1.95 bits per heavy atom. The summed E-state index contributed by atoms with van der Waals surface area (Å²) in [6.07, 6.45) is 1.46. The fourth-order valence-electron chi connectivity index (χ4n) is 1.69. The van der Waals surface area contributed by atoms with E-state index in [1.54, 1.807) is 12.1 Å². The number of nitro benzene ring substituents is 1. The van der Waals surface area contributed by atoms with Crippen LogP contribution < -0.4 is 0 Å². The molecule has 0 aliphatic carbocycles. The highest BCUT2D eigenvalue weighted by atomic mass is 19.4. The minimum atomic E-state index is -4.98. The lowest BCUT2D eigenvalue weighted by Gasteiger charge is -2.12. The average molecular weight is 315 g/mol. The molecule has 0 spiro atoms. The SMILES string of the molecule is O=[N+]([O-])c1ccc(Cn2cc(COC[B-](F)(F)F)nn2)cc1. The molecule has 2 aromatic rings. The quantitative estimate of drug-likeness (QED) is 0.444. The number of aromatic nitrogens is 3. The molecule has 0 aliphatic rings. The number of non-ortho nitro benzene ring substituents is 1. The van der Waals surface area contributed by atoms with Crippen LogP contribution in [-0.2, 0) is 17.9 Å². The fraction of sp³-hybridized carbons (Fsp3) is 0.273. The van der Waals surface area contributed by atoms with E-state index in [0.29, 0.717) is 6.54 Å². The number of halogens is 3. The van der Waals surface area contributed by atoms with Gasteiger partial charge in [0.25, 0.3) is 5.69 Å². The molecule has 7 nitrogen and oxygen atoms in total. The number of nitrogens with zero attached hydrogens (tertiary/aromatic N) is 4. The Bertz CT molecular complexity index is 645. The molecule has 0 amide bonds. The van der Waals surface area contributed by atoms with Gasteiger partial charge in [0.2, 0.25) is 0 Å². The van der Waals surface area contributed by atoms with Crippen molar-refractivity contribution >= 4 is 12.7 Å². The molecule has 1 aromatic heterocycles. The zero-order chi connectivity index (χ0) is 16.2. The monoisotopic (exact) mass is 315 g/mol. The molecule has 22 heavy (non-hydrogen) atoms. The number of hydrogen-bond acceptors (Lipinski definition) is 5. The van der Waals surface area contributed by atoms with Gasteiger partial charge >= 0.3 is 6.98 Å². The van der Waals surface area contributed by atoms with Crippen LogP contribution in [0.4, 0.5) is 18.6 Å². The number of ether oxygens (including phenoxy) is 1. The van der Waals surface area contributed by atoms with E-state index in [1.807, 2.05) is 0 Å². The van der Waals surface area contributed by atoms with E-state index in [9.17, 15) is 23.1 Å². The summed E-state index contributed by atoms with van der Waals surface area (Å²) >= 11 is 0. The van der Waals surface area contributed by atoms with Crippen LogP contribution >= 0.6 is 0 Å². The van der Waals surface area contributed by atoms with Crippen LogP contribution in [0.1, 0.15) is 11.3 Å². The first-order valence-corrected chi connectivity index (χ1v) is 6.24. The van der Waals surface area contributed by atoms with Gasteiger partial charge in [-0.1, -0.05) is 17.3 Å². The Morgan fingerprint density at radius 3 is 2.55 bits per heavy atom. The van der Waals surface area contributed by atoms with Crippen LogP contribution in [0.5, 0.6) is 0 Å². The summed E-state index contributed by atoms with van der Waals surface area (Å²) in [5.74, 6) is 0. The molecule has 1 heterocycles. The van der Waals surface area contributed by atoms with E-state index in [0.717, 1.165) is 5.56 Å². The van der Waals surface area contributed by atoms with E-state index in [2.05, 4.69) is 15.0 Å². The predicted molar refractivity (Wildman–Crippen MR) is 71.0 cm³/mol. The van der Waals surface area contributed by atoms with E-state index >= 15 is 0 Å². The minimum Gasteiger partial charge on any atom is -0.447 e. The van der Waals surface area contributed by atoms with Gasteiger partial charge in [-0.3, -0.25) is 10.1 Å². The molecule has 0 saturated heterocycles. The maximum Gasteiger partial charge on any atom is 0.503 e. The zero-order valence-corrected chi connectivity index (χ0v) is 11.2. The van der Waals surface area contributed by atoms with Crippen molar-refractivity contribution in [1.82, 2.24) is 15.0 Å². The lowest BCUT2D eigenvalue weighted by molar-refractivity contribution is -0.384. The van der Waals surface area contributed by atoms with Crippen molar-refractivity contribution in [3.8, 4) is 0 Å². The summed E-state index contributed by atoms with van der Waals surface area (Å²) in [6.45, 7) is -6.24.